The van der Waals surface area contributed by atoms with E-state index in [0.717, 1.165) is 31.8 Å². The van der Waals surface area contributed by atoms with Gasteiger partial charge < -0.3 is 9.32 Å². The van der Waals surface area contributed by atoms with E-state index in [-0.39, 0.29) is 5.78 Å². The average Bonchev–Trinajstić information content (AvgIpc) is 2.68. The summed E-state index contributed by atoms with van der Waals surface area (Å²) in [7, 11) is 0. The van der Waals surface area contributed by atoms with Crippen LogP contribution in [-0.4, -0.2) is 18.9 Å². The van der Waals surface area contributed by atoms with E-state index in [1.807, 2.05) is 6.07 Å². The molecule has 0 saturated carbocycles. The lowest BCUT2D eigenvalue weighted by atomic mass is 10.3. The number of ketones is 1. The fraction of sp³-hybridized carbons (Fsp3) is 0.583. The van der Waals surface area contributed by atoms with Crippen LogP contribution in [0.5, 0.6) is 0 Å². The molecule has 0 radical (unpaired) electrons. The van der Waals surface area contributed by atoms with Crippen molar-refractivity contribution in [2.75, 3.05) is 18.0 Å². The quantitative estimate of drug-likeness (QED) is 0.675. The molecule has 0 unspecified atom stereocenters. The molecule has 1 aromatic heterocycles. The van der Waals surface area contributed by atoms with Crippen LogP contribution in [0.2, 0.25) is 0 Å². The first-order valence-corrected chi connectivity index (χ1v) is 5.54. The van der Waals surface area contributed by atoms with Crippen molar-refractivity contribution in [2.45, 2.75) is 33.6 Å². The minimum atomic E-state index is -0.0206. The van der Waals surface area contributed by atoms with E-state index in [1.165, 1.54) is 6.92 Å². The Morgan fingerprint density at radius 2 is 2.13 bits per heavy atom. The maximum Gasteiger partial charge on any atom is 0.196 e. The molecule has 0 aromatic carbocycles. The van der Waals surface area contributed by atoms with Gasteiger partial charge >= 0.3 is 0 Å². The number of rotatable bonds is 6. The molecule has 1 aromatic rings. The summed E-state index contributed by atoms with van der Waals surface area (Å²) in [5, 5.41) is 0. The fourth-order valence-corrected chi connectivity index (χ4v) is 1.46. The molecule has 3 nitrogen and oxygen atoms in total. The van der Waals surface area contributed by atoms with E-state index < -0.39 is 0 Å². The number of furan rings is 1. The van der Waals surface area contributed by atoms with Crippen molar-refractivity contribution < 1.29 is 9.21 Å². The van der Waals surface area contributed by atoms with Crippen LogP contribution in [0.25, 0.3) is 0 Å². The summed E-state index contributed by atoms with van der Waals surface area (Å²) in [5.74, 6) is 1.23. The van der Waals surface area contributed by atoms with Gasteiger partial charge in [0.1, 0.15) is 0 Å². The van der Waals surface area contributed by atoms with Gasteiger partial charge in [0.25, 0.3) is 0 Å². The number of Topliss-reactive ketones (excluding diaryl/α,β-unsaturated/α-hetero) is 1. The van der Waals surface area contributed by atoms with Gasteiger partial charge in [0.05, 0.1) is 0 Å². The molecule has 0 N–H and O–H groups in total. The van der Waals surface area contributed by atoms with Gasteiger partial charge in [-0.1, -0.05) is 13.3 Å². The molecule has 1 rings (SSSR count). The molecule has 0 aliphatic heterocycles. The molecule has 0 amide bonds. The lowest BCUT2D eigenvalue weighted by Gasteiger charge is -2.19. The molecule has 3 heteroatoms. The highest BCUT2D eigenvalue weighted by atomic mass is 16.4. The van der Waals surface area contributed by atoms with E-state index in [1.54, 1.807) is 6.07 Å². The summed E-state index contributed by atoms with van der Waals surface area (Å²) in [6.07, 6.45) is 2.31. The Kier molecular flexibility index (Phi) is 4.40. The van der Waals surface area contributed by atoms with E-state index in [4.69, 9.17) is 4.42 Å². The van der Waals surface area contributed by atoms with Crippen molar-refractivity contribution in [3.63, 3.8) is 0 Å². The lowest BCUT2D eigenvalue weighted by Crippen LogP contribution is -2.23. The van der Waals surface area contributed by atoms with Crippen LogP contribution in [0.15, 0.2) is 16.5 Å². The van der Waals surface area contributed by atoms with Gasteiger partial charge in [-0.15, -0.1) is 0 Å². The Morgan fingerprint density at radius 1 is 1.40 bits per heavy atom. The summed E-state index contributed by atoms with van der Waals surface area (Å²) < 4.78 is 5.47. The predicted octanol–water partition coefficient (Wildman–Crippen LogP) is 3.11. The van der Waals surface area contributed by atoms with Crippen LogP contribution < -0.4 is 4.90 Å². The van der Waals surface area contributed by atoms with Crippen molar-refractivity contribution in [3.8, 4) is 0 Å². The second-order valence-electron chi connectivity index (χ2n) is 3.63. The van der Waals surface area contributed by atoms with Gasteiger partial charge in [0.15, 0.2) is 17.4 Å². The topological polar surface area (TPSA) is 33.5 Å². The normalized spacial score (nSPS) is 10.3. The maximum absolute atomic E-state index is 11.1. The summed E-state index contributed by atoms with van der Waals surface area (Å²) in [4.78, 5) is 13.2. The van der Waals surface area contributed by atoms with Gasteiger partial charge in [0.2, 0.25) is 0 Å². The SMILES string of the molecule is CCCCN(CC)c1ccc(C(C)=O)o1. The molecule has 0 fully saturated rings. The zero-order valence-electron chi connectivity index (χ0n) is 9.75. The Bertz CT molecular complexity index is 317. The van der Waals surface area contributed by atoms with Crippen molar-refractivity contribution in [1.29, 1.82) is 0 Å². The predicted molar refractivity (Wildman–Crippen MR) is 61.5 cm³/mol. The third-order valence-corrected chi connectivity index (χ3v) is 2.41. The summed E-state index contributed by atoms with van der Waals surface area (Å²) in [5.41, 5.74) is 0. The van der Waals surface area contributed by atoms with E-state index in [0.29, 0.717) is 5.76 Å². The zero-order valence-corrected chi connectivity index (χ0v) is 9.75. The molecule has 1 heterocycles. The molecule has 84 valence electrons. The Morgan fingerprint density at radius 3 is 2.60 bits per heavy atom. The number of anilines is 1. The van der Waals surface area contributed by atoms with Gasteiger partial charge in [-0.3, -0.25) is 4.79 Å². The van der Waals surface area contributed by atoms with Crippen LogP contribution in [0.4, 0.5) is 5.88 Å². The standard InChI is InChI=1S/C12H19NO2/c1-4-6-9-13(5-2)12-8-7-11(15-12)10(3)14/h7-8H,4-6,9H2,1-3H3. The largest absolute Gasteiger partial charge is 0.437 e. The van der Waals surface area contributed by atoms with Crippen molar-refractivity contribution in [3.05, 3.63) is 17.9 Å². The number of carbonyl (C=O) groups excluding carboxylic acids is 1. The Hall–Kier alpha value is -1.25. The monoisotopic (exact) mass is 209 g/mol. The Labute approximate surface area is 91.1 Å². The molecule has 0 spiro atoms. The van der Waals surface area contributed by atoms with E-state index in [9.17, 15) is 4.79 Å². The average molecular weight is 209 g/mol. The fourth-order valence-electron chi connectivity index (χ4n) is 1.46. The van der Waals surface area contributed by atoms with Gasteiger partial charge in [-0.2, -0.15) is 0 Å². The number of carbonyl (C=O) groups is 1. The summed E-state index contributed by atoms with van der Waals surface area (Å²) in [6, 6.07) is 3.61. The first-order chi connectivity index (χ1) is 7.19. The lowest BCUT2D eigenvalue weighted by molar-refractivity contribution is 0.0988. The van der Waals surface area contributed by atoms with Crippen molar-refractivity contribution in [2.24, 2.45) is 0 Å². The smallest absolute Gasteiger partial charge is 0.196 e. The summed E-state index contributed by atoms with van der Waals surface area (Å²) >= 11 is 0. The third-order valence-electron chi connectivity index (χ3n) is 2.41. The van der Waals surface area contributed by atoms with Crippen molar-refractivity contribution >= 4 is 11.7 Å². The molecular weight excluding hydrogens is 190 g/mol. The summed E-state index contributed by atoms with van der Waals surface area (Å²) in [6.45, 7) is 7.66. The van der Waals surface area contributed by atoms with Crippen LogP contribution in [0.3, 0.4) is 0 Å². The van der Waals surface area contributed by atoms with E-state index >= 15 is 0 Å². The zero-order chi connectivity index (χ0) is 11.3. The molecule has 0 aliphatic carbocycles. The van der Waals surface area contributed by atoms with Crippen LogP contribution in [0.1, 0.15) is 44.2 Å². The molecule has 0 aliphatic rings. The molecular formula is C12H19NO2. The van der Waals surface area contributed by atoms with Gasteiger partial charge in [-0.05, 0) is 19.4 Å². The van der Waals surface area contributed by atoms with Crippen LogP contribution in [0, 0.1) is 0 Å². The molecule has 0 saturated heterocycles. The van der Waals surface area contributed by atoms with Crippen molar-refractivity contribution in [1.82, 2.24) is 0 Å². The first-order valence-electron chi connectivity index (χ1n) is 5.54. The second-order valence-corrected chi connectivity index (χ2v) is 3.63. The first kappa shape index (κ1) is 11.8. The number of hydrogen-bond donors (Lipinski definition) is 0. The minimum Gasteiger partial charge on any atom is -0.437 e. The van der Waals surface area contributed by atoms with Gasteiger partial charge in [-0.25, -0.2) is 0 Å². The highest BCUT2D eigenvalue weighted by Crippen LogP contribution is 2.19. The number of unbranched alkanes of at least 4 members (excludes halogenated alkanes) is 1. The maximum atomic E-state index is 11.1. The van der Waals surface area contributed by atoms with E-state index in [2.05, 4.69) is 18.7 Å². The minimum absolute atomic E-state index is 0.0206. The van der Waals surface area contributed by atoms with Crippen LogP contribution >= 0.6 is 0 Å². The van der Waals surface area contributed by atoms with Gasteiger partial charge in [0, 0.05) is 26.1 Å². The van der Waals surface area contributed by atoms with Crippen LogP contribution in [-0.2, 0) is 0 Å². The third kappa shape index (κ3) is 3.11. The highest BCUT2D eigenvalue weighted by Gasteiger charge is 2.10. The number of hydrogen-bond acceptors (Lipinski definition) is 3. The highest BCUT2D eigenvalue weighted by molar-refractivity contribution is 5.91. The Balaban J connectivity index is 2.69. The molecule has 0 bridgehead atoms. The molecule has 0 atom stereocenters. The number of nitrogens with zero attached hydrogens (tertiary/aromatic N) is 1. The molecule has 15 heavy (non-hydrogen) atoms. The second kappa shape index (κ2) is 5.59.